The number of benzene rings is 1. The third kappa shape index (κ3) is 3.36. The summed E-state index contributed by atoms with van der Waals surface area (Å²) in [6, 6.07) is 5.14. The van der Waals surface area contributed by atoms with Gasteiger partial charge in [0.05, 0.1) is 25.5 Å². The fourth-order valence-electron chi connectivity index (χ4n) is 2.28. The summed E-state index contributed by atoms with van der Waals surface area (Å²) in [5.41, 5.74) is 6.32. The van der Waals surface area contributed by atoms with Gasteiger partial charge in [-0.05, 0) is 36.2 Å². The van der Waals surface area contributed by atoms with E-state index < -0.39 is 22.0 Å². The molecule has 2 N–H and O–H groups in total. The van der Waals surface area contributed by atoms with Crippen molar-refractivity contribution in [3.8, 4) is 0 Å². The second kappa shape index (κ2) is 6.98. The number of nitrogens with zero attached hydrogens (tertiary/aromatic N) is 1. The predicted molar refractivity (Wildman–Crippen MR) is 89.9 cm³/mol. The average molecular weight is 366 g/mol. The normalized spacial score (nSPS) is 11.2. The molecule has 0 saturated heterocycles. The molecule has 1 aromatic heterocycles. The van der Waals surface area contributed by atoms with Crippen LogP contribution in [0.15, 0.2) is 35.4 Å². The van der Waals surface area contributed by atoms with Gasteiger partial charge >= 0.3 is 11.9 Å². The Morgan fingerprint density at radius 1 is 1.12 bits per heavy atom. The molecule has 25 heavy (non-hydrogen) atoms. The van der Waals surface area contributed by atoms with Gasteiger partial charge in [0.1, 0.15) is 10.6 Å². The first-order chi connectivity index (χ1) is 11.8. The summed E-state index contributed by atoms with van der Waals surface area (Å²) < 4.78 is 35.9. The smallest absolute Gasteiger partial charge is 0.355 e. The van der Waals surface area contributed by atoms with E-state index in [2.05, 4.69) is 9.47 Å². The van der Waals surface area contributed by atoms with Crippen molar-refractivity contribution in [3.05, 3.63) is 47.3 Å². The highest BCUT2D eigenvalue weighted by atomic mass is 32.2. The van der Waals surface area contributed by atoms with Gasteiger partial charge in [-0.2, -0.15) is 0 Å². The van der Waals surface area contributed by atoms with Crippen molar-refractivity contribution in [1.82, 2.24) is 3.97 Å². The number of nitrogens with two attached hydrogens (primary N) is 1. The standard InChI is InChI=1S/C16H18N2O6S/c1-4-10-7-13(16(20)24-3)18(9-10)25(21,22)14-6-5-11(8-12(14)17)15(19)23-2/h5-9H,4,17H2,1-3H3. The van der Waals surface area contributed by atoms with Crippen molar-refractivity contribution in [2.75, 3.05) is 20.0 Å². The first-order valence-electron chi connectivity index (χ1n) is 7.29. The molecule has 0 bridgehead atoms. The van der Waals surface area contributed by atoms with Gasteiger partial charge in [-0.3, -0.25) is 0 Å². The number of anilines is 1. The number of esters is 2. The van der Waals surface area contributed by atoms with Crippen LogP contribution in [0.2, 0.25) is 0 Å². The molecule has 0 amide bonds. The van der Waals surface area contributed by atoms with Gasteiger partial charge < -0.3 is 15.2 Å². The highest BCUT2D eigenvalue weighted by Crippen LogP contribution is 2.25. The number of carbonyl (C=O) groups excluding carboxylic acids is 2. The molecule has 0 aliphatic rings. The number of rotatable bonds is 5. The molecule has 8 nitrogen and oxygen atoms in total. The minimum atomic E-state index is -4.16. The van der Waals surface area contributed by atoms with Crippen molar-refractivity contribution >= 4 is 27.6 Å². The summed E-state index contributed by atoms with van der Waals surface area (Å²) in [5.74, 6) is -1.42. The summed E-state index contributed by atoms with van der Waals surface area (Å²) in [6.45, 7) is 1.83. The number of aryl methyl sites for hydroxylation is 1. The van der Waals surface area contributed by atoms with Crippen LogP contribution in [0.1, 0.15) is 33.3 Å². The zero-order chi connectivity index (χ0) is 18.8. The Morgan fingerprint density at radius 3 is 2.28 bits per heavy atom. The molecule has 2 rings (SSSR count). The summed E-state index contributed by atoms with van der Waals surface area (Å²) >= 11 is 0. The lowest BCUT2D eigenvalue weighted by Gasteiger charge is -2.12. The maximum absolute atomic E-state index is 12.9. The van der Waals surface area contributed by atoms with E-state index in [9.17, 15) is 18.0 Å². The summed E-state index contributed by atoms with van der Waals surface area (Å²) in [7, 11) is -1.78. The van der Waals surface area contributed by atoms with Crippen LogP contribution in [-0.2, 0) is 25.9 Å². The molecule has 0 atom stereocenters. The Labute approximate surface area is 145 Å². The molecular formula is C16H18N2O6S. The molecule has 1 heterocycles. The zero-order valence-electron chi connectivity index (χ0n) is 14.0. The molecule has 0 spiro atoms. The number of ether oxygens (including phenoxy) is 2. The topological polar surface area (TPSA) is 118 Å². The monoisotopic (exact) mass is 366 g/mol. The lowest BCUT2D eigenvalue weighted by molar-refractivity contribution is 0.0587. The van der Waals surface area contributed by atoms with Gasteiger partial charge in [-0.25, -0.2) is 22.0 Å². The van der Waals surface area contributed by atoms with Crippen LogP contribution < -0.4 is 5.73 Å². The van der Waals surface area contributed by atoms with Gasteiger partial charge in [-0.15, -0.1) is 0 Å². The first-order valence-corrected chi connectivity index (χ1v) is 8.73. The van der Waals surface area contributed by atoms with Gasteiger partial charge in [0.15, 0.2) is 0 Å². The predicted octanol–water partition coefficient (Wildman–Crippen LogP) is 1.44. The molecule has 0 radical (unpaired) electrons. The lowest BCUT2D eigenvalue weighted by Crippen LogP contribution is -2.20. The number of aromatic nitrogens is 1. The van der Waals surface area contributed by atoms with E-state index in [1.165, 1.54) is 37.6 Å². The maximum Gasteiger partial charge on any atom is 0.355 e. The first kappa shape index (κ1) is 18.5. The SMILES string of the molecule is CCc1cc(C(=O)OC)n(S(=O)(=O)c2ccc(C(=O)OC)cc2N)c1. The molecule has 0 fully saturated rings. The second-order valence-corrected chi connectivity index (χ2v) is 6.91. The van der Waals surface area contributed by atoms with Crippen molar-refractivity contribution in [2.24, 2.45) is 0 Å². The van der Waals surface area contributed by atoms with E-state index in [4.69, 9.17) is 5.73 Å². The van der Waals surface area contributed by atoms with Crippen molar-refractivity contribution in [2.45, 2.75) is 18.2 Å². The number of methoxy groups -OCH3 is 2. The van der Waals surface area contributed by atoms with Gasteiger partial charge in [0.25, 0.3) is 10.0 Å². The molecule has 0 saturated carbocycles. The van der Waals surface area contributed by atoms with Crippen LogP contribution in [-0.4, -0.2) is 38.5 Å². The fourth-order valence-corrected chi connectivity index (χ4v) is 3.75. The third-order valence-electron chi connectivity index (χ3n) is 3.61. The number of nitrogen functional groups attached to an aromatic ring is 1. The van der Waals surface area contributed by atoms with E-state index in [1.54, 1.807) is 0 Å². The third-order valence-corrected chi connectivity index (χ3v) is 5.36. The van der Waals surface area contributed by atoms with Crippen molar-refractivity contribution in [3.63, 3.8) is 0 Å². The molecule has 0 aliphatic carbocycles. The maximum atomic E-state index is 12.9. The molecule has 0 unspecified atom stereocenters. The quantitative estimate of drug-likeness (QED) is 0.628. The molecule has 9 heteroatoms. The van der Waals surface area contributed by atoms with Crippen LogP contribution in [0.4, 0.5) is 5.69 Å². The molecular weight excluding hydrogens is 348 g/mol. The molecule has 2 aromatic rings. The number of carbonyl (C=O) groups is 2. The van der Waals surface area contributed by atoms with Crippen LogP contribution >= 0.6 is 0 Å². The molecule has 134 valence electrons. The van der Waals surface area contributed by atoms with E-state index in [0.29, 0.717) is 12.0 Å². The average Bonchev–Trinajstić information content (AvgIpc) is 3.05. The Kier molecular flexibility index (Phi) is 5.17. The minimum Gasteiger partial charge on any atom is -0.465 e. The number of hydrogen-bond acceptors (Lipinski definition) is 7. The van der Waals surface area contributed by atoms with Crippen molar-refractivity contribution < 1.29 is 27.5 Å². The highest BCUT2D eigenvalue weighted by molar-refractivity contribution is 7.90. The van der Waals surface area contributed by atoms with Gasteiger partial charge in [0.2, 0.25) is 0 Å². The van der Waals surface area contributed by atoms with Crippen LogP contribution in [0.3, 0.4) is 0 Å². The Bertz CT molecular complexity index is 930. The Balaban J connectivity index is 2.62. The summed E-state index contributed by atoms with van der Waals surface area (Å²) in [4.78, 5) is 23.2. The number of hydrogen-bond donors (Lipinski definition) is 1. The summed E-state index contributed by atoms with van der Waals surface area (Å²) in [5, 5.41) is 0. The second-order valence-electron chi connectivity index (χ2n) is 5.12. The van der Waals surface area contributed by atoms with Crippen LogP contribution in [0, 0.1) is 0 Å². The van der Waals surface area contributed by atoms with Crippen LogP contribution in [0.5, 0.6) is 0 Å². The lowest BCUT2D eigenvalue weighted by atomic mass is 10.2. The zero-order valence-corrected chi connectivity index (χ0v) is 14.8. The van der Waals surface area contributed by atoms with Crippen LogP contribution in [0.25, 0.3) is 0 Å². The van der Waals surface area contributed by atoms with Gasteiger partial charge in [-0.1, -0.05) is 6.92 Å². The summed E-state index contributed by atoms with van der Waals surface area (Å²) in [6.07, 6.45) is 1.87. The molecule has 0 aliphatic heterocycles. The van der Waals surface area contributed by atoms with E-state index >= 15 is 0 Å². The van der Waals surface area contributed by atoms with E-state index in [-0.39, 0.29) is 21.8 Å². The van der Waals surface area contributed by atoms with Crippen molar-refractivity contribution in [1.29, 1.82) is 0 Å². The van der Waals surface area contributed by atoms with E-state index in [1.807, 2.05) is 6.92 Å². The molecule has 1 aromatic carbocycles. The fraction of sp³-hybridized carbons (Fsp3) is 0.250. The largest absolute Gasteiger partial charge is 0.465 e. The minimum absolute atomic E-state index is 0.119. The van der Waals surface area contributed by atoms with Gasteiger partial charge in [0, 0.05) is 6.20 Å². The Morgan fingerprint density at radius 2 is 1.76 bits per heavy atom. The Hall–Kier alpha value is -2.81. The van der Waals surface area contributed by atoms with E-state index in [0.717, 1.165) is 11.1 Å². The highest BCUT2D eigenvalue weighted by Gasteiger charge is 2.27.